The van der Waals surface area contributed by atoms with Crippen molar-refractivity contribution < 1.29 is 4.92 Å². The number of nitrogens with one attached hydrogen (secondary N) is 1. The van der Waals surface area contributed by atoms with Gasteiger partial charge < -0.3 is 5.32 Å². The second kappa shape index (κ2) is 6.78. The molecule has 21 heavy (non-hydrogen) atoms. The van der Waals surface area contributed by atoms with Gasteiger partial charge in [0.2, 0.25) is 0 Å². The molecule has 0 spiro atoms. The number of anilines is 1. The zero-order valence-electron chi connectivity index (χ0n) is 11.3. The summed E-state index contributed by atoms with van der Waals surface area (Å²) < 4.78 is 0. The second-order valence-electron chi connectivity index (χ2n) is 4.79. The first-order valence-electron chi connectivity index (χ1n) is 6.40. The van der Waals surface area contributed by atoms with Gasteiger partial charge in [0.1, 0.15) is 5.69 Å². The Kier molecular flexibility index (Phi) is 5.04. The lowest BCUT2D eigenvalue weighted by molar-refractivity contribution is -0.384. The molecule has 0 bridgehead atoms. The van der Waals surface area contributed by atoms with Crippen LogP contribution in [0.15, 0.2) is 42.5 Å². The van der Waals surface area contributed by atoms with E-state index in [1.54, 1.807) is 12.1 Å². The molecule has 4 nitrogen and oxygen atoms in total. The third kappa shape index (κ3) is 4.34. The quantitative estimate of drug-likeness (QED) is 0.625. The molecule has 0 radical (unpaired) electrons. The molecule has 0 saturated carbocycles. The topological polar surface area (TPSA) is 55.2 Å². The fourth-order valence-corrected chi connectivity index (χ4v) is 2.36. The third-order valence-electron chi connectivity index (χ3n) is 3.01. The fraction of sp³-hybridized carbons (Fsp3) is 0.200. The molecule has 0 amide bonds. The molecule has 1 atom stereocenters. The largest absolute Gasteiger partial charge is 0.377 e. The summed E-state index contributed by atoms with van der Waals surface area (Å²) in [6.45, 7) is 1.97. The number of benzene rings is 2. The van der Waals surface area contributed by atoms with Crippen LogP contribution >= 0.6 is 23.2 Å². The normalized spacial score (nSPS) is 12.0. The van der Waals surface area contributed by atoms with Crippen molar-refractivity contribution >= 4 is 34.6 Å². The first-order chi connectivity index (χ1) is 9.95. The van der Waals surface area contributed by atoms with Crippen LogP contribution in [0.5, 0.6) is 0 Å². The third-order valence-corrected chi connectivity index (χ3v) is 3.50. The van der Waals surface area contributed by atoms with Gasteiger partial charge in [0, 0.05) is 22.2 Å². The summed E-state index contributed by atoms with van der Waals surface area (Å²) in [6.07, 6.45) is 0.733. The highest BCUT2D eigenvalue weighted by Crippen LogP contribution is 2.28. The highest BCUT2D eigenvalue weighted by atomic mass is 35.5. The Morgan fingerprint density at radius 3 is 2.38 bits per heavy atom. The van der Waals surface area contributed by atoms with E-state index in [9.17, 15) is 10.1 Å². The lowest BCUT2D eigenvalue weighted by atomic mass is 10.1. The lowest BCUT2D eigenvalue weighted by Gasteiger charge is -2.15. The van der Waals surface area contributed by atoms with Crippen molar-refractivity contribution in [3.05, 3.63) is 68.2 Å². The molecule has 2 aromatic carbocycles. The van der Waals surface area contributed by atoms with E-state index >= 15 is 0 Å². The van der Waals surface area contributed by atoms with Gasteiger partial charge in [-0.05, 0) is 43.2 Å². The molecule has 1 unspecified atom stereocenters. The van der Waals surface area contributed by atoms with Gasteiger partial charge in [-0.15, -0.1) is 0 Å². The van der Waals surface area contributed by atoms with E-state index in [4.69, 9.17) is 23.2 Å². The molecule has 0 fully saturated rings. The van der Waals surface area contributed by atoms with Gasteiger partial charge in [0.15, 0.2) is 0 Å². The predicted molar refractivity (Wildman–Crippen MR) is 86.3 cm³/mol. The molecule has 1 N–H and O–H groups in total. The van der Waals surface area contributed by atoms with Crippen LogP contribution in [0.3, 0.4) is 0 Å². The highest BCUT2D eigenvalue weighted by molar-refractivity contribution is 6.31. The number of hydrogen-bond donors (Lipinski definition) is 1. The van der Waals surface area contributed by atoms with Crippen molar-refractivity contribution in [3.8, 4) is 0 Å². The molecule has 0 aliphatic rings. The Morgan fingerprint density at radius 2 is 1.76 bits per heavy atom. The van der Waals surface area contributed by atoms with Gasteiger partial charge in [-0.25, -0.2) is 0 Å². The van der Waals surface area contributed by atoms with E-state index in [2.05, 4.69) is 5.32 Å². The van der Waals surface area contributed by atoms with Crippen molar-refractivity contribution in [2.45, 2.75) is 19.4 Å². The minimum absolute atomic E-state index is 0.0227. The first kappa shape index (κ1) is 15.6. The Balaban J connectivity index is 2.10. The molecule has 6 heteroatoms. The maximum absolute atomic E-state index is 11.0. The zero-order chi connectivity index (χ0) is 15.4. The van der Waals surface area contributed by atoms with Gasteiger partial charge in [-0.1, -0.05) is 35.3 Å². The van der Waals surface area contributed by atoms with Crippen LogP contribution in [0.1, 0.15) is 12.5 Å². The minimum Gasteiger partial charge on any atom is -0.377 e. The highest BCUT2D eigenvalue weighted by Gasteiger charge is 2.16. The summed E-state index contributed by atoms with van der Waals surface area (Å²) in [4.78, 5) is 10.6. The van der Waals surface area contributed by atoms with Crippen LogP contribution in [0.25, 0.3) is 0 Å². The SMILES string of the molecule is CC(Cc1ccc(Cl)cc1)Nc1ccc(Cl)cc1[N+](=O)[O-]. The van der Waals surface area contributed by atoms with Gasteiger partial charge >= 0.3 is 0 Å². The molecule has 0 aromatic heterocycles. The number of rotatable bonds is 5. The van der Waals surface area contributed by atoms with E-state index in [0.717, 1.165) is 12.0 Å². The molecule has 0 aliphatic heterocycles. The van der Waals surface area contributed by atoms with Gasteiger partial charge in [-0.2, -0.15) is 0 Å². The van der Waals surface area contributed by atoms with Crippen molar-refractivity contribution in [3.63, 3.8) is 0 Å². The molecule has 0 heterocycles. The summed E-state index contributed by atoms with van der Waals surface area (Å²) in [5.74, 6) is 0. The minimum atomic E-state index is -0.441. The van der Waals surface area contributed by atoms with Crippen molar-refractivity contribution in [1.29, 1.82) is 0 Å². The van der Waals surface area contributed by atoms with Crippen LogP contribution in [0.4, 0.5) is 11.4 Å². The average molecular weight is 325 g/mol. The van der Waals surface area contributed by atoms with Crippen molar-refractivity contribution in [2.24, 2.45) is 0 Å². The molecule has 2 aromatic rings. The molecular weight excluding hydrogens is 311 g/mol. The molecule has 2 rings (SSSR count). The maximum Gasteiger partial charge on any atom is 0.293 e. The monoisotopic (exact) mass is 324 g/mol. The van der Waals surface area contributed by atoms with Crippen LogP contribution in [0.2, 0.25) is 10.0 Å². The average Bonchev–Trinajstić information content (AvgIpc) is 2.43. The van der Waals surface area contributed by atoms with Crippen LogP contribution < -0.4 is 5.32 Å². The van der Waals surface area contributed by atoms with E-state index < -0.39 is 4.92 Å². The molecule has 110 valence electrons. The molecular formula is C15H14Cl2N2O2. The summed E-state index contributed by atoms with van der Waals surface area (Å²) >= 11 is 11.6. The fourth-order valence-electron chi connectivity index (χ4n) is 2.07. The molecule has 0 saturated heterocycles. The molecule has 0 aliphatic carbocycles. The maximum atomic E-state index is 11.0. The smallest absolute Gasteiger partial charge is 0.293 e. The summed E-state index contributed by atoms with van der Waals surface area (Å²) in [5.41, 5.74) is 1.55. The van der Waals surface area contributed by atoms with Crippen molar-refractivity contribution in [2.75, 3.05) is 5.32 Å². The van der Waals surface area contributed by atoms with E-state index in [-0.39, 0.29) is 11.7 Å². The van der Waals surface area contributed by atoms with Gasteiger partial charge in [-0.3, -0.25) is 10.1 Å². The van der Waals surface area contributed by atoms with E-state index in [1.165, 1.54) is 6.07 Å². The van der Waals surface area contributed by atoms with Gasteiger partial charge in [0.25, 0.3) is 5.69 Å². The number of nitrogens with zero attached hydrogens (tertiary/aromatic N) is 1. The Bertz CT molecular complexity index is 645. The van der Waals surface area contributed by atoms with Crippen molar-refractivity contribution in [1.82, 2.24) is 0 Å². The van der Waals surface area contributed by atoms with E-state index in [0.29, 0.717) is 15.7 Å². The Labute approximate surface area is 132 Å². The number of halogens is 2. The predicted octanol–water partition coefficient (Wildman–Crippen LogP) is 4.94. The Morgan fingerprint density at radius 1 is 1.14 bits per heavy atom. The number of nitro benzene ring substituents is 1. The standard InChI is InChI=1S/C15H14Cl2N2O2/c1-10(8-11-2-4-12(16)5-3-11)18-14-7-6-13(17)9-15(14)19(20)21/h2-7,9-10,18H,8H2,1H3. The number of hydrogen-bond acceptors (Lipinski definition) is 3. The summed E-state index contributed by atoms with van der Waals surface area (Å²) in [7, 11) is 0. The lowest BCUT2D eigenvalue weighted by Crippen LogP contribution is -2.18. The summed E-state index contributed by atoms with van der Waals surface area (Å²) in [5, 5.41) is 15.2. The Hall–Kier alpha value is -1.78. The summed E-state index contributed by atoms with van der Waals surface area (Å²) in [6, 6.07) is 12.2. The van der Waals surface area contributed by atoms with Crippen LogP contribution in [0, 0.1) is 10.1 Å². The van der Waals surface area contributed by atoms with Gasteiger partial charge in [0.05, 0.1) is 4.92 Å². The van der Waals surface area contributed by atoms with E-state index in [1.807, 2.05) is 31.2 Å². The first-order valence-corrected chi connectivity index (χ1v) is 7.16. The van der Waals surface area contributed by atoms with Crippen LogP contribution in [-0.4, -0.2) is 11.0 Å². The second-order valence-corrected chi connectivity index (χ2v) is 5.67. The number of nitro groups is 1. The van der Waals surface area contributed by atoms with Crippen LogP contribution in [-0.2, 0) is 6.42 Å². The zero-order valence-corrected chi connectivity index (χ0v) is 12.9.